The Morgan fingerprint density at radius 3 is 2.74 bits per heavy atom. The predicted molar refractivity (Wildman–Crippen MR) is 108 cm³/mol. The van der Waals surface area contributed by atoms with Gasteiger partial charge in [-0.3, -0.25) is 9.59 Å². The highest BCUT2D eigenvalue weighted by atomic mass is 79.9. The van der Waals surface area contributed by atoms with Gasteiger partial charge in [-0.1, -0.05) is 15.9 Å². The molecule has 140 valence electrons. The molecule has 0 atom stereocenters. The lowest BCUT2D eigenvalue weighted by Gasteiger charge is -2.12. The summed E-state index contributed by atoms with van der Waals surface area (Å²) in [5.74, 6) is 0.494. The Balaban J connectivity index is 1.87. The highest BCUT2D eigenvalue weighted by Gasteiger charge is 2.12. The Morgan fingerprint density at radius 2 is 2.04 bits per heavy atom. The zero-order valence-corrected chi connectivity index (χ0v) is 17.0. The summed E-state index contributed by atoms with van der Waals surface area (Å²) >= 11 is 3.43. The van der Waals surface area contributed by atoms with Crippen LogP contribution < -0.4 is 15.6 Å². The molecule has 0 radical (unpaired) electrons. The van der Waals surface area contributed by atoms with Crippen LogP contribution in [0, 0.1) is 6.92 Å². The Bertz CT molecular complexity index is 1080. The Kier molecular flexibility index (Phi) is 5.60. The molecule has 2 aromatic carbocycles. The highest BCUT2D eigenvalue weighted by molar-refractivity contribution is 9.10. The van der Waals surface area contributed by atoms with E-state index in [1.165, 1.54) is 0 Å². The molecule has 27 heavy (non-hydrogen) atoms. The molecule has 0 fully saturated rings. The first kappa shape index (κ1) is 19.1. The van der Waals surface area contributed by atoms with Crippen LogP contribution in [0.15, 0.2) is 45.7 Å². The van der Waals surface area contributed by atoms with Crippen molar-refractivity contribution in [3.8, 4) is 5.75 Å². The highest BCUT2D eigenvalue weighted by Crippen LogP contribution is 2.23. The van der Waals surface area contributed by atoms with Gasteiger partial charge < -0.3 is 14.6 Å². The third-order valence-electron chi connectivity index (χ3n) is 4.37. The summed E-state index contributed by atoms with van der Waals surface area (Å²) in [6, 6.07) is 10.8. The molecule has 1 aromatic heterocycles. The Hall–Kier alpha value is -2.67. The van der Waals surface area contributed by atoms with Gasteiger partial charge in [0.1, 0.15) is 11.4 Å². The smallest absolute Gasteiger partial charge is 0.272 e. The molecule has 0 aliphatic carbocycles. The average molecular weight is 430 g/mol. The standard InChI is InChI=1S/C20H20BrN3O3/c1-4-24-17-7-5-13(10-16(17)23-12(2)20(24)26)19(25)22-11-14-9-15(21)6-8-18(14)27-3/h5-10H,4,11H2,1-3H3,(H,22,25). The molecule has 0 aliphatic heterocycles. The largest absolute Gasteiger partial charge is 0.496 e. The van der Waals surface area contributed by atoms with E-state index < -0.39 is 0 Å². The van der Waals surface area contributed by atoms with Gasteiger partial charge in [0, 0.05) is 28.7 Å². The van der Waals surface area contributed by atoms with Gasteiger partial charge in [-0.25, -0.2) is 4.98 Å². The number of fused-ring (bicyclic) bond motifs is 1. The topological polar surface area (TPSA) is 73.2 Å². The van der Waals surface area contributed by atoms with Crippen molar-refractivity contribution >= 4 is 32.9 Å². The third-order valence-corrected chi connectivity index (χ3v) is 4.86. The number of hydrogen-bond donors (Lipinski definition) is 1. The first-order valence-corrected chi connectivity index (χ1v) is 9.35. The maximum absolute atomic E-state index is 12.6. The molecule has 0 saturated heterocycles. The van der Waals surface area contributed by atoms with Crippen LogP contribution in [0.25, 0.3) is 11.0 Å². The van der Waals surface area contributed by atoms with Crippen molar-refractivity contribution in [1.82, 2.24) is 14.9 Å². The van der Waals surface area contributed by atoms with Crippen molar-refractivity contribution in [3.63, 3.8) is 0 Å². The van der Waals surface area contributed by atoms with Crippen LogP contribution in [0.3, 0.4) is 0 Å². The predicted octanol–water partition coefficient (Wildman–Crippen LogP) is 3.43. The van der Waals surface area contributed by atoms with Crippen LogP contribution in [0.1, 0.15) is 28.5 Å². The number of nitrogens with zero attached hydrogens (tertiary/aromatic N) is 2. The van der Waals surface area contributed by atoms with E-state index in [1.54, 1.807) is 36.8 Å². The van der Waals surface area contributed by atoms with Gasteiger partial charge in [-0.15, -0.1) is 0 Å². The van der Waals surface area contributed by atoms with Crippen molar-refractivity contribution in [2.75, 3.05) is 7.11 Å². The van der Waals surface area contributed by atoms with Crippen LogP contribution in [0.5, 0.6) is 5.75 Å². The van der Waals surface area contributed by atoms with Crippen LogP contribution >= 0.6 is 15.9 Å². The number of ether oxygens (including phenoxy) is 1. The van der Waals surface area contributed by atoms with E-state index >= 15 is 0 Å². The third kappa shape index (κ3) is 3.88. The number of aromatic nitrogens is 2. The van der Waals surface area contributed by atoms with Crippen LogP contribution in [0.2, 0.25) is 0 Å². The summed E-state index contributed by atoms with van der Waals surface area (Å²) in [5.41, 5.74) is 3.02. The van der Waals surface area contributed by atoms with Gasteiger partial charge in [0.05, 0.1) is 18.1 Å². The first-order chi connectivity index (χ1) is 12.9. The number of benzene rings is 2. The minimum atomic E-state index is -0.215. The Labute approximate surface area is 165 Å². The van der Waals surface area contributed by atoms with Gasteiger partial charge >= 0.3 is 0 Å². The molecule has 6 nitrogen and oxygen atoms in total. The molecule has 3 aromatic rings. The SMILES string of the molecule is CCn1c(=O)c(C)nc2cc(C(=O)NCc3cc(Br)ccc3OC)ccc21. The molecule has 0 saturated carbocycles. The number of halogens is 1. The fourth-order valence-corrected chi connectivity index (χ4v) is 3.40. The van der Waals surface area contributed by atoms with Crippen molar-refractivity contribution < 1.29 is 9.53 Å². The van der Waals surface area contributed by atoms with Gasteiger partial charge in [0.25, 0.3) is 11.5 Å². The van der Waals surface area contributed by atoms with E-state index in [2.05, 4.69) is 26.2 Å². The lowest BCUT2D eigenvalue weighted by Crippen LogP contribution is -2.25. The van der Waals surface area contributed by atoms with E-state index in [9.17, 15) is 9.59 Å². The van der Waals surface area contributed by atoms with Crippen molar-refractivity contribution in [1.29, 1.82) is 0 Å². The summed E-state index contributed by atoms with van der Waals surface area (Å²) in [6.07, 6.45) is 0. The summed E-state index contributed by atoms with van der Waals surface area (Å²) < 4.78 is 7.90. The quantitative estimate of drug-likeness (QED) is 0.673. The van der Waals surface area contributed by atoms with Crippen LogP contribution in [0.4, 0.5) is 0 Å². The maximum Gasteiger partial charge on any atom is 0.272 e. The number of carbonyl (C=O) groups excluding carboxylic acids is 1. The van der Waals surface area contributed by atoms with E-state index in [-0.39, 0.29) is 11.5 Å². The normalized spacial score (nSPS) is 10.8. The molecular formula is C20H20BrN3O3. The first-order valence-electron chi connectivity index (χ1n) is 8.56. The van der Waals surface area contributed by atoms with Crippen molar-refractivity contribution in [2.45, 2.75) is 26.9 Å². The van der Waals surface area contributed by atoms with E-state index in [1.807, 2.05) is 25.1 Å². The average Bonchev–Trinajstić information content (AvgIpc) is 2.67. The number of methoxy groups -OCH3 is 1. The van der Waals surface area contributed by atoms with E-state index in [4.69, 9.17) is 4.74 Å². The number of carbonyl (C=O) groups is 1. The summed E-state index contributed by atoms with van der Waals surface area (Å²) in [7, 11) is 1.60. The second-order valence-corrected chi connectivity index (χ2v) is 7.00. The summed E-state index contributed by atoms with van der Waals surface area (Å²) in [6.45, 7) is 4.47. The minimum Gasteiger partial charge on any atom is -0.496 e. The zero-order valence-electron chi connectivity index (χ0n) is 15.4. The molecule has 0 bridgehead atoms. The van der Waals surface area contributed by atoms with Crippen molar-refractivity contribution in [2.24, 2.45) is 0 Å². The van der Waals surface area contributed by atoms with Gasteiger partial charge in [0.2, 0.25) is 0 Å². The van der Waals surface area contributed by atoms with Gasteiger partial charge in [0.15, 0.2) is 0 Å². The Morgan fingerprint density at radius 1 is 1.26 bits per heavy atom. The minimum absolute atomic E-state index is 0.107. The molecule has 0 unspecified atom stereocenters. The molecule has 3 rings (SSSR count). The molecule has 1 heterocycles. The monoisotopic (exact) mass is 429 g/mol. The van der Waals surface area contributed by atoms with Crippen molar-refractivity contribution in [3.05, 3.63) is 68.0 Å². The molecule has 1 N–H and O–H groups in total. The number of hydrogen-bond acceptors (Lipinski definition) is 4. The second kappa shape index (κ2) is 7.92. The van der Waals surface area contributed by atoms with E-state index in [0.29, 0.717) is 35.6 Å². The molecule has 0 aliphatic rings. The fraction of sp³-hybridized carbons (Fsp3) is 0.250. The molecular weight excluding hydrogens is 410 g/mol. The lowest BCUT2D eigenvalue weighted by atomic mass is 10.1. The molecule has 7 heteroatoms. The number of nitrogens with one attached hydrogen (secondary N) is 1. The zero-order chi connectivity index (χ0) is 19.6. The summed E-state index contributed by atoms with van der Waals surface area (Å²) in [5, 5.41) is 2.90. The van der Waals surface area contributed by atoms with E-state index in [0.717, 1.165) is 15.6 Å². The number of amides is 1. The fourth-order valence-electron chi connectivity index (χ4n) is 2.99. The molecule has 1 amide bonds. The summed E-state index contributed by atoms with van der Waals surface area (Å²) in [4.78, 5) is 29.1. The second-order valence-electron chi connectivity index (χ2n) is 6.09. The van der Waals surface area contributed by atoms with Gasteiger partial charge in [-0.2, -0.15) is 0 Å². The van der Waals surface area contributed by atoms with Crippen LogP contribution in [-0.4, -0.2) is 22.6 Å². The molecule has 0 spiro atoms. The number of aryl methyl sites for hydroxylation is 2. The van der Waals surface area contributed by atoms with Gasteiger partial charge in [-0.05, 0) is 50.2 Å². The lowest BCUT2D eigenvalue weighted by molar-refractivity contribution is 0.0951. The number of rotatable bonds is 5. The maximum atomic E-state index is 12.6. The van der Waals surface area contributed by atoms with Crippen LogP contribution in [-0.2, 0) is 13.1 Å².